The molecular weight excluding hydrogens is 487 g/mol. The second kappa shape index (κ2) is 8.29. The van der Waals surface area contributed by atoms with Crippen molar-refractivity contribution in [3.05, 3.63) is 71.5 Å². The fourth-order valence-corrected chi connectivity index (χ4v) is 3.56. The van der Waals surface area contributed by atoms with Crippen LogP contribution in [0.5, 0.6) is 11.5 Å². The second-order valence-electron chi connectivity index (χ2n) is 6.95. The molecule has 2 aromatic carbocycles. The Hall–Kier alpha value is -3.09. The Labute approximate surface area is 186 Å². The lowest BCUT2D eigenvalue weighted by atomic mass is 9.89. The van der Waals surface area contributed by atoms with Crippen LogP contribution in [0.15, 0.2) is 60.4 Å². The predicted octanol–water partition coefficient (Wildman–Crippen LogP) is 6.37. The third-order valence-electron chi connectivity index (χ3n) is 4.91. The van der Waals surface area contributed by atoms with Gasteiger partial charge in [-0.25, -0.2) is 0 Å². The monoisotopic (exact) mass is 502 g/mol. The number of rotatable bonds is 4. The molecular formula is C21H15F9O4. The van der Waals surface area contributed by atoms with E-state index in [1.54, 1.807) is 0 Å². The van der Waals surface area contributed by atoms with Crippen molar-refractivity contribution in [3.63, 3.8) is 0 Å². The maximum Gasteiger partial charge on any atom is 0.460 e. The molecule has 1 saturated heterocycles. The molecule has 2 atom stereocenters. The molecule has 0 N–H and O–H groups in total. The molecule has 1 aliphatic heterocycles. The molecule has 1 fully saturated rings. The molecule has 1 aliphatic rings. The maximum absolute atomic E-state index is 14.6. The van der Waals surface area contributed by atoms with Gasteiger partial charge in [-0.15, -0.1) is 0 Å². The smallest absolute Gasteiger partial charge is 0.460 e. The number of hydrogen-bond acceptors (Lipinski definition) is 4. The first-order valence-electron chi connectivity index (χ1n) is 9.22. The number of halogens is 9. The normalized spacial score (nSPS) is 24.7. The summed E-state index contributed by atoms with van der Waals surface area (Å²) in [4.78, 5) is 0. The first-order valence-corrected chi connectivity index (χ1v) is 9.22. The molecule has 4 nitrogen and oxygen atoms in total. The van der Waals surface area contributed by atoms with Crippen LogP contribution >= 0.6 is 0 Å². The minimum Gasteiger partial charge on any atom is -0.496 e. The minimum absolute atomic E-state index is 0.634. The van der Waals surface area contributed by atoms with Gasteiger partial charge < -0.3 is 14.2 Å². The van der Waals surface area contributed by atoms with Crippen molar-refractivity contribution in [3.8, 4) is 11.5 Å². The van der Waals surface area contributed by atoms with Crippen LogP contribution < -0.4 is 9.47 Å². The molecule has 0 aromatic heterocycles. The van der Waals surface area contributed by atoms with Crippen molar-refractivity contribution in [2.45, 2.75) is 29.9 Å². The van der Waals surface area contributed by atoms with Gasteiger partial charge in [0.2, 0.25) is 0 Å². The van der Waals surface area contributed by atoms with Gasteiger partial charge in [-0.3, -0.25) is 4.74 Å². The van der Waals surface area contributed by atoms with Crippen molar-refractivity contribution in [2.24, 2.45) is 0 Å². The first kappa shape index (κ1) is 25.5. The quantitative estimate of drug-likeness (QED) is 0.456. The number of allylic oxidation sites excluding steroid dienone is 1. The summed E-state index contributed by atoms with van der Waals surface area (Å²) in [6.45, 7) is 0. The van der Waals surface area contributed by atoms with Crippen LogP contribution in [-0.4, -0.2) is 32.7 Å². The van der Waals surface area contributed by atoms with E-state index >= 15 is 0 Å². The molecule has 13 heteroatoms. The summed E-state index contributed by atoms with van der Waals surface area (Å²) in [5.74, 6) is -7.83. The number of hydrogen-bond donors (Lipinski definition) is 0. The molecule has 3 rings (SSSR count). The Morgan fingerprint density at radius 2 is 1.18 bits per heavy atom. The maximum atomic E-state index is 14.6. The van der Waals surface area contributed by atoms with Crippen molar-refractivity contribution in [2.75, 3.05) is 14.2 Å². The van der Waals surface area contributed by atoms with Gasteiger partial charge in [0.1, 0.15) is 11.5 Å². The SMILES string of the molecule is COc1ccccc1C1(C(F)(F)F)O/C(=C\C(F)(F)F)C(c2ccccc2OC)(C(F)(F)F)O1. The molecule has 2 aromatic rings. The second-order valence-corrected chi connectivity index (χ2v) is 6.95. The Morgan fingerprint density at radius 1 is 0.706 bits per heavy atom. The van der Waals surface area contributed by atoms with E-state index < -0.39 is 64.4 Å². The zero-order valence-electron chi connectivity index (χ0n) is 17.2. The molecule has 0 bridgehead atoms. The number of alkyl halides is 9. The molecule has 0 saturated carbocycles. The summed E-state index contributed by atoms with van der Waals surface area (Å²) in [6.07, 6.45) is -18.2. The third kappa shape index (κ3) is 4.01. The van der Waals surface area contributed by atoms with Gasteiger partial charge in [0.25, 0.3) is 5.60 Å². The van der Waals surface area contributed by atoms with E-state index in [1.165, 1.54) is 12.1 Å². The third-order valence-corrected chi connectivity index (χ3v) is 4.91. The largest absolute Gasteiger partial charge is 0.496 e. The van der Waals surface area contributed by atoms with Crippen molar-refractivity contribution < 1.29 is 58.5 Å². The van der Waals surface area contributed by atoms with Crippen molar-refractivity contribution >= 4 is 0 Å². The van der Waals surface area contributed by atoms with Crippen LogP contribution in [0.25, 0.3) is 0 Å². The van der Waals surface area contributed by atoms with Crippen LogP contribution in [-0.2, 0) is 20.9 Å². The van der Waals surface area contributed by atoms with E-state index in [9.17, 15) is 39.5 Å². The predicted molar refractivity (Wildman–Crippen MR) is 97.8 cm³/mol. The Bertz CT molecular complexity index is 1070. The van der Waals surface area contributed by atoms with E-state index in [-0.39, 0.29) is 0 Å². The van der Waals surface area contributed by atoms with Gasteiger partial charge in [0, 0.05) is 5.56 Å². The average Bonchev–Trinajstić information content (AvgIpc) is 3.09. The summed E-state index contributed by atoms with van der Waals surface area (Å²) >= 11 is 0. The van der Waals surface area contributed by atoms with E-state index in [4.69, 9.17) is 9.47 Å². The summed E-state index contributed by atoms with van der Waals surface area (Å²) in [5, 5.41) is 0. The fraction of sp³-hybridized carbons (Fsp3) is 0.333. The number of methoxy groups -OCH3 is 2. The molecule has 2 unspecified atom stereocenters. The number of benzene rings is 2. The molecule has 0 spiro atoms. The van der Waals surface area contributed by atoms with Crippen LogP contribution in [0.1, 0.15) is 11.1 Å². The Balaban J connectivity index is 2.49. The number of ether oxygens (including phenoxy) is 4. The summed E-state index contributed by atoms with van der Waals surface area (Å²) in [6, 6.07) is 7.53. The van der Waals surface area contributed by atoms with E-state index in [2.05, 4.69) is 9.47 Å². The lowest BCUT2D eigenvalue weighted by Gasteiger charge is -2.35. The summed E-state index contributed by atoms with van der Waals surface area (Å²) in [7, 11) is 1.81. The highest BCUT2D eigenvalue weighted by Crippen LogP contribution is 2.64. The molecule has 0 radical (unpaired) electrons. The minimum atomic E-state index is -5.88. The fourth-order valence-electron chi connectivity index (χ4n) is 3.56. The highest BCUT2D eigenvalue weighted by molar-refractivity contribution is 5.48. The van der Waals surface area contributed by atoms with Crippen LogP contribution in [0.2, 0.25) is 0 Å². The Morgan fingerprint density at radius 3 is 1.62 bits per heavy atom. The molecule has 0 amide bonds. The first-order chi connectivity index (χ1) is 15.6. The van der Waals surface area contributed by atoms with Gasteiger partial charge in [-0.1, -0.05) is 30.3 Å². The average molecular weight is 502 g/mol. The highest BCUT2D eigenvalue weighted by atomic mass is 19.4. The summed E-state index contributed by atoms with van der Waals surface area (Å²) < 4.78 is 146. The molecule has 34 heavy (non-hydrogen) atoms. The van der Waals surface area contributed by atoms with Gasteiger partial charge in [-0.05, 0) is 18.2 Å². The highest BCUT2D eigenvalue weighted by Gasteiger charge is 2.78. The zero-order chi connectivity index (χ0) is 25.6. The van der Waals surface area contributed by atoms with E-state index in [0.29, 0.717) is 12.1 Å². The van der Waals surface area contributed by atoms with E-state index in [0.717, 1.165) is 38.5 Å². The van der Waals surface area contributed by atoms with Gasteiger partial charge in [0.05, 0.1) is 25.9 Å². The van der Waals surface area contributed by atoms with Gasteiger partial charge in [-0.2, -0.15) is 39.5 Å². The lowest BCUT2D eigenvalue weighted by molar-refractivity contribution is -0.386. The van der Waals surface area contributed by atoms with Gasteiger partial charge >= 0.3 is 24.3 Å². The topological polar surface area (TPSA) is 36.9 Å². The van der Waals surface area contributed by atoms with Crippen LogP contribution in [0.4, 0.5) is 39.5 Å². The number of para-hydroxylation sites is 2. The van der Waals surface area contributed by atoms with Crippen LogP contribution in [0.3, 0.4) is 0 Å². The van der Waals surface area contributed by atoms with Gasteiger partial charge in [0.15, 0.2) is 5.76 Å². The standard InChI is InChI=1S/C21H15F9O4/c1-31-14-9-5-3-7-12(14)18(20(25,26)27)16(11-17(22,23)24)33-19(34-18,21(28,29)30)13-8-4-6-10-15(13)32-2/h3-11H,1-2H3/b16-11-. The lowest BCUT2D eigenvalue weighted by Crippen LogP contribution is -2.50. The van der Waals surface area contributed by atoms with E-state index in [1.807, 2.05) is 0 Å². The van der Waals surface area contributed by atoms with Crippen molar-refractivity contribution in [1.29, 1.82) is 0 Å². The van der Waals surface area contributed by atoms with Crippen LogP contribution in [0, 0.1) is 0 Å². The molecule has 186 valence electrons. The molecule has 0 aliphatic carbocycles. The Kier molecular flexibility index (Phi) is 6.23. The zero-order valence-corrected chi connectivity index (χ0v) is 17.2. The summed E-state index contributed by atoms with van der Waals surface area (Å²) in [5.41, 5.74) is -6.66. The van der Waals surface area contributed by atoms with Crippen molar-refractivity contribution in [1.82, 2.24) is 0 Å². The molecule has 1 heterocycles.